The van der Waals surface area contributed by atoms with Crippen molar-refractivity contribution in [2.45, 2.75) is 26.7 Å². The van der Waals surface area contributed by atoms with Gasteiger partial charge >= 0.3 is 0 Å². The smallest absolute Gasteiger partial charge is 0.0105 e. The third-order valence-electron chi connectivity index (χ3n) is 1.52. The van der Waals surface area contributed by atoms with Crippen molar-refractivity contribution in [1.29, 1.82) is 0 Å². The first-order valence-electron chi connectivity index (χ1n) is 4.27. The minimum Gasteiger partial charge on any atom is -0.329 e. The van der Waals surface area contributed by atoms with Crippen molar-refractivity contribution in [2.24, 2.45) is 5.73 Å². The molecule has 10 heavy (non-hydrogen) atoms. The quantitative estimate of drug-likeness (QED) is 0.604. The zero-order valence-corrected chi connectivity index (χ0v) is 7.27. The molecule has 62 valence electrons. The number of rotatable bonds is 6. The number of hydrogen-bond acceptors (Lipinski definition) is 2. The van der Waals surface area contributed by atoms with Gasteiger partial charge in [0.25, 0.3) is 0 Å². The third kappa shape index (κ3) is 4.77. The molecule has 0 bridgehead atoms. The highest BCUT2D eigenvalue weighted by atomic mass is 15.1. The van der Waals surface area contributed by atoms with E-state index in [-0.39, 0.29) is 0 Å². The molecule has 2 nitrogen and oxygen atoms in total. The van der Waals surface area contributed by atoms with E-state index in [9.17, 15) is 0 Å². The summed E-state index contributed by atoms with van der Waals surface area (Å²) >= 11 is 0. The molecule has 0 heterocycles. The van der Waals surface area contributed by atoms with Crippen LogP contribution in [0, 0.1) is 0 Å². The SMILES string of the molecule is CCCN(CCC)CCN. The second kappa shape index (κ2) is 7.03. The molecule has 0 saturated heterocycles. The van der Waals surface area contributed by atoms with E-state index in [1.807, 2.05) is 0 Å². The van der Waals surface area contributed by atoms with Crippen molar-refractivity contribution in [3.05, 3.63) is 0 Å². The van der Waals surface area contributed by atoms with Crippen LogP contribution in [0.1, 0.15) is 26.7 Å². The van der Waals surface area contributed by atoms with Crippen LogP contribution < -0.4 is 5.73 Å². The molecule has 0 saturated carbocycles. The van der Waals surface area contributed by atoms with Gasteiger partial charge in [0.1, 0.15) is 0 Å². The molecule has 0 amide bonds. The Morgan fingerprint density at radius 1 is 1.00 bits per heavy atom. The molecule has 2 heteroatoms. The van der Waals surface area contributed by atoms with Crippen molar-refractivity contribution < 1.29 is 0 Å². The maximum absolute atomic E-state index is 5.45. The van der Waals surface area contributed by atoms with Crippen LogP contribution in [-0.2, 0) is 0 Å². The summed E-state index contributed by atoms with van der Waals surface area (Å²) in [4.78, 5) is 2.42. The van der Waals surface area contributed by atoms with E-state index in [1.165, 1.54) is 25.9 Å². The first-order chi connectivity index (χ1) is 4.85. The highest BCUT2D eigenvalue weighted by Gasteiger charge is 1.98. The van der Waals surface area contributed by atoms with Crippen LogP contribution in [0.5, 0.6) is 0 Å². The summed E-state index contributed by atoms with van der Waals surface area (Å²) in [6.45, 7) is 8.66. The molecule has 2 N–H and O–H groups in total. The summed E-state index contributed by atoms with van der Waals surface area (Å²) < 4.78 is 0. The molecule has 0 aliphatic rings. The van der Waals surface area contributed by atoms with Crippen LogP contribution in [0.4, 0.5) is 0 Å². The van der Waals surface area contributed by atoms with E-state index in [4.69, 9.17) is 5.73 Å². The topological polar surface area (TPSA) is 29.3 Å². The maximum Gasteiger partial charge on any atom is 0.0105 e. The monoisotopic (exact) mass is 144 g/mol. The predicted octanol–water partition coefficient (Wildman–Crippen LogP) is 1.07. The maximum atomic E-state index is 5.45. The predicted molar refractivity (Wildman–Crippen MR) is 46.1 cm³/mol. The Bertz CT molecular complexity index is 50.0. The Balaban J connectivity index is 3.30. The average molecular weight is 144 g/mol. The van der Waals surface area contributed by atoms with Gasteiger partial charge in [0, 0.05) is 13.1 Å². The second-order valence-electron chi connectivity index (χ2n) is 2.63. The molecular weight excluding hydrogens is 124 g/mol. The van der Waals surface area contributed by atoms with Crippen LogP contribution in [0.15, 0.2) is 0 Å². The van der Waals surface area contributed by atoms with Crippen LogP contribution in [0.3, 0.4) is 0 Å². The minimum absolute atomic E-state index is 0.792. The highest BCUT2D eigenvalue weighted by molar-refractivity contribution is 4.55. The molecule has 0 aromatic heterocycles. The molecule has 0 radical (unpaired) electrons. The fourth-order valence-corrected chi connectivity index (χ4v) is 1.15. The van der Waals surface area contributed by atoms with Crippen LogP contribution in [0.25, 0.3) is 0 Å². The molecule has 0 aliphatic heterocycles. The lowest BCUT2D eigenvalue weighted by Crippen LogP contribution is -2.30. The molecule has 0 fully saturated rings. The second-order valence-corrected chi connectivity index (χ2v) is 2.63. The van der Waals surface area contributed by atoms with Gasteiger partial charge in [-0.15, -0.1) is 0 Å². The zero-order valence-electron chi connectivity index (χ0n) is 7.27. The summed E-state index contributed by atoms with van der Waals surface area (Å²) in [7, 11) is 0. The number of hydrogen-bond donors (Lipinski definition) is 1. The van der Waals surface area contributed by atoms with Crippen molar-refractivity contribution in [1.82, 2.24) is 4.90 Å². The van der Waals surface area contributed by atoms with Crippen molar-refractivity contribution in [3.8, 4) is 0 Å². The minimum atomic E-state index is 0.792. The van der Waals surface area contributed by atoms with Gasteiger partial charge in [-0.3, -0.25) is 0 Å². The summed E-state index contributed by atoms with van der Waals surface area (Å²) in [5, 5.41) is 0. The first kappa shape index (κ1) is 9.92. The lowest BCUT2D eigenvalue weighted by Gasteiger charge is -2.19. The van der Waals surface area contributed by atoms with Gasteiger partial charge in [-0.05, 0) is 25.9 Å². The molecule has 0 aromatic rings. The van der Waals surface area contributed by atoms with E-state index in [0.717, 1.165) is 13.1 Å². The Labute approximate surface area is 64.4 Å². The Kier molecular flexibility index (Phi) is 6.98. The Morgan fingerprint density at radius 3 is 1.80 bits per heavy atom. The van der Waals surface area contributed by atoms with Crippen molar-refractivity contribution in [3.63, 3.8) is 0 Å². The lowest BCUT2D eigenvalue weighted by atomic mass is 10.3. The van der Waals surface area contributed by atoms with Crippen LogP contribution >= 0.6 is 0 Å². The molecule has 0 aromatic carbocycles. The molecular formula is C8H20N2. The van der Waals surface area contributed by atoms with E-state index < -0.39 is 0 Å². The lowest BCUT2D eigenvalue weighted by molar-refractivity contribution is 0.282. The van der Waals surface area contributed by atoms with Crippen molar-refractivity contribution in [2.75, 3.05) is 26.2 Å². The summed E-state index contributed by atoms with van der Waals surface area (Å²) in [6.07, 6.45) is 2.47. The van der Waals surface area contributed by atoms with Gasteiger partial charge in [-0.25, -0.2) is 0 Å². The fourth-order valence-electron chi connectivity index (χ4n) is 1.15. The molecule has 0 aliphatic carbocycles. The van der Waals surface area contributed by atoms with Crippen LogP contribution in [0.2, 0.25) is 0 Å². The van der Waals surface area contributed by atoms with E-state index in [0.29, 0.717) is 0 Å². The van der Waals surface area contributed by atoms with Gasteiger partial charge in [0.2, 0.25) is 0 Å². The Hall–Kier alpha value is -0.0800. The van der Waals surface area contributed by atoms with E-state index >= 15 is 0 Å². The number of nitrogens with two attached hydrogens (primary N) is 1. The standard InChI is InChI=1S/C8H20N2/c1-3-6-10(7-4-2)8-5-9/h3-9H2,1-2H3. The molecule has 0 atom stereocenters. The third-order valence-corrected chi connectivity index (χ3v) is 1.52. The summed E-state index contributed by atoms with van der Waals surface area (Å²) in [5.41, 5.74) is 5.45. The van der Waals surface area contributed by atoms with E-state index in [1.54, 1.807) is 0 Å². The fraction of sp³-hybridized carbons (Fsp3) is 1.00. The molecule has 0 spiro atoms. The van der Waals surface area contributed by atoms with Gasteiger partial charge in [0.05, 0.1) is 0 Å². The highest BCUT2D eigenvalue weighted by Crippen LogP contribution is 1.91. The average Bonchev–Trinajstić information content (AvgIpc) is 1.90. The Morgan fingerprint density at radius 2 is 1.50 bits per heavy atom. The largest absolute Gasteiger partial charge is 0.329 e. The van der Waals surface area contributed by atoms with E-state index in [2.05, 4.69) is 18.7 Å². The van der Waals surface area contributed by atoms with Gasteiger partial charge in [-0.2, -0.15) is 0 Å². The van der Waals surface area contributed by atoms with Crippen molar-refractivity contribution >= 4 is 0 Å². The summed E-state index contributed by atoms with van der Waals surface area (Å²) in [6, 6.07) is 0. The van der Waals surface area contributed by atoms with Crippen LogP contribution in [-0.4, -0.2) is 31.1 Å². The summed E-state index contributed by atoms with van der Waals surface area (Å²) in [5.74, 6) is 0. The normalized spacial score (nSPS) is 10.8. The molecule has 0 rings (SSSR count). The molecule has 0 unspecified atom stereocenters. The first-order valence-corrected chi connectivity index (χ1v) is 4.27. The zero-order chi connectivity index (χ0) is 7.82. The van der Waals surface area contributed by atoms with Gasteiger partial charge in [0.15, 0.2) is 0 Å². The van der Waals surface area contributed by atoms with Gasteiger partial charge in [-0.1, -0.05) is 13.8 Å². The van der Waals surface area contributed by atoms with Gasteiger partial charge < -0.3 is 10.6 Å². The number of nitrogens with zero attached hydrogens (tertiary/aromatic N) is 1.